The number of ether oxygens (including phenoxy) is 2. The van der Waals surface area contributed by atoms with E-state index >= 15 is 0 Å². The number of hydrogen-bond donors (Lipinski definition) is 1. The highest BCUT2D eigenvalue weighted by atomic mass is 19.1. The normalized spacial score (nSPS) is 11.6. The Kier molecular flexibility index (Phi) is 6.85. The van der Waals surface area contributed by atoms with Crippen molar-refractivity contribution >= 4 is 5.91 Å². The lowest BCUT2D eigenvalue weighted by Gasteiger charge is -2.19. The molecule has 1 atom stereocenters. The molecule has 7 heteroatoms. The van der Waals surface area contributed by atoms with Gasteiger partial charge in [-0.05, 0) is 41.8 Å². The van der Waals surface area contributed by atoms with Crippen LogP contribution < -0.4 is 14.8 Å². The first-order valence-corrected chi connectivity index (χ1v) is 9.44. The molecular weight excluding hydrogens is 385 g/mol. The zero-order valence-electron chi connectivity index (χ0n) is 17.0. The number of aromatic nitrogens is 2. The number of allylic oxidation sites excluding steroid dienone is 1. The zero-order valence-corrected chi connectivity index (χ0v) is 17.0. The van der Waals surface area contributed by atoms with Crippen LogP contribution in [0.5, 0.6) is 11.5 Å². The molecule has 1 amide bonds. The Bertz CT molecular complexity index is 1030. The van der Waals surface area contributed by atoms with Crippen LogP contribution in [0, 0.1) is 5.82 Å². The second kappa shape index (κ2) is 9.73. The van der Waals surface area contributed by atoms with Gasteiger partial charge in [0.1, 0.15) is 17.7 Å². The van der Waals surface area contributed by atoms with E-state index in [4.69, 9.17) is 9.47 Å². The number of benzene rings is 2. The van der Waals surface area contributed by atoms with Crippen LogP contribution in [0.15, 0.2) is 67.5 Å². The van der Waals surface area contributed by atoms with Crippen LogP contribution in [-0.4, -0.2) is 29.2 Å². The van der Waals surface area contributed by atoms with Gasteiger partial charge in [0.2, 0.25) is 0 Å². The predicted octanol–water partition coefficient (Wildman–Crippen LogP) is 3.58. The van der Waals surface area contributed by atoms with E-state index < -0.39 is 6.04 Å². The van der Waals surface area contributed by atoms with Crippen LogP contribution >= 0.6 is 0 Å². The third-order valence-electron chi connectivity index (χ3n) is 4.57. The van der Waals surface area contributed by atoms with E-state index in [-0.39, 0.29) is 18.3 Å². The first-order valence-electron chi connectivity index (χ1n) is 9.44. The molecule has 1 heterocycles. The monoisotopic (exact) mass is 409 g/mol. The molecule has 156 valence electrons. The second-order valence-corrected chi connectivity index (χ2v) is 6.72. The first-order chi connectivity index (χ1) is 14.5. The van der Waals surface area contributed by atoms with Crippen LogP contribution in [0.3, 0.4) is 0 Å². The van der Waals surface area contributed by atoms with E-state index in [1.165, 1.54) is 12.1 Å². The number of aryl methyl sites for hydroxylation is 1. The molecule has 0 saturated carbocycles. The summed E-state index contributed by atoms with van der Waals surface area (Å²) < 4.78 is 26.6. The van der Waals surface area contributed by atoms with E-state index in [9.17, 15) is 9.18 Å². The summed E-state index contributed by atoms with van der Waals surface area (Å²) in [7, 11) is 3.36. The number of methoxy groups -OCH3 is 1. The maximum Gasteiger partial charge on any atom is 0.258 e. The minimum Gasteiger partial charge on any atom is -0.493 e. The van der Waals surface area contributed by atoms with Gasteiger partial charge in [0.05, 0.1) is 7.11 Å². The highest BCUT2D eigenvalue weighted by molar-refractivity contribution is 5.78. The maximum atomic E-state index is 13.8. The fourth-order valence-electron chi connectivity index (χ4n) is 3.11. The molecule has 0 radical (unpaired) electrons. The number of carbonyl (C=O) groups is 1. The van der Waals surface area contributed by atoms with Gasteiger partial charge < -0.3 is 19.4 Å². The van der Waals surface area contributed by atoms with Gasteiger partial charge in [-0.2, -0.15) is 0 Å². The third-order valence-corrected chi connectivity index (χ3v) is 4.57. The van der Waals surface area contributed by atoms with Gasteiger partial charge in [0.25, 0.3) is 5.91 Å². The molecule has 0 spiro atoms. The Labute approximate surface area is 175 Å². The maximum absolute atomic E-state index is 13.8. The van der Waals surface area contributed by atoms with Crippen molar-refractivity contribution in [2.75, 3.05) is 13.7 Å². The highest BCUT2D eigenvalue weighted by Crippen LogP contribution is 2.28. The Morgan fingerprint density at radius 2 is 2.13 bits per heavy atom. The Morgan fingerprint density at radius 1 is 1.30 bits per heavy atom. The predicted molar refractivity (Wildman–Crippen MR) is 112 cm³/mol. The molecule has 1 unspecified atom stereocenters. The van der Waals surface area contributed by atoms with Gasteiger partial charge in [-0.15, -0.1) is 6.58 Å². The third kappa shape index (κ3) is 5.05. The van der Waals surface area contributed by atoms with Crippen LogP contribution in [-0.2, 0) is 18.3 Å². The van der Waals surface area contributed by atoms with Crippen molar-refractivity contribution in [2.24, 2.45) is 7.05 Å². The minimum atomic E-state index is -0.617. The lowest BCUT2D eigenvalue weighted by atomic mass is 10.1. The number of rotatable bonds is 9. The van der Waals surface area contributed by atoms with E-state index in [0.717, 1.165) is 5.56 Å². The smallest absolute Gasteiger partial charge is 0.258 e. The second-order valence-electron chi connectivity index (χ2n) is 6.72. The molecule has 2 aromatic carbocycles. The van der Waals surface area contributed by atoms with Gasteiger partial charge in [-0.1, -0.05) is 24.3 Å². The van der Waals surface area contributed by atoms with E-state index in [1.807, 2.05) is 19.2 Å². The molecular formula is C23H24FN3O3. The summed E-state index contributed by atoms with van der Waals surface area (Å²) in [6.45, 7) is 3.49. The van der Waals surface area contributed by atoms with Gasteiger partial charge in [0, 0.05) is 19.4 Å². The van der Waals surface area contributed by atoms with Gasteiger partial charge >= 0.3 is 0 Å². The summed E-state index contributed by atoms with van der Waals surface area (Å²) in [4.78, 5) is 16.9. The lowest BCUT2D eigenvalue weighted by Crippen LogP contribution is -2.34. The van der Waals surface area contributed by atoms with E-state index in [1.54, 1.807) is 48.3 Å². The quantitative estimate of drug-likeness (QED) is 0.549. The number of amides is 1. The summed E-state index contributed by atoms with van der Waals surface area (Å²) in [6, 6.07) is 10.9. The zero-order chi connectivity index (χ0) is 21.5. The summed E-state index contributed by atoms with van der Waals surface area (Å²) >= 11 is 0. The number of nitrogens with zero attached hydrogens (tertiary/aromatic N) is 2. The number of carbonyl (C=O) groups excluding carboxylic acids is 1. The molecule has 0 aliphatic heterocycles. The van der Waals surface area contributed by atoms with Crippen molar-refractivity contribution in [2.45, 2.75) is 12.5 Å². The highest BCUT2D eigenvalue weighted by Gasteiger charge is 2.21. The van der Waals surface area contributed by atoms with Crippen LogP contribution in [0.25, 0.3) is 0 Å². The fourth-order valence-corrected chi connectivity index (χ4v) is 3.11. The van der Waals surface area contributed by atoms with Crippen LogP contribution in [0.4, 0.5) is 4.39 Å². The van der Waals surface area contributed by atoms with Gasteiger partial charge in [-0.25, -0.2) is 9.37 Å². The topological polar surface area (TPSA) is 65.4 Å². The molecule has 1 aromatic heterocycles. The molecule has 3 aromatic rings. The first kappa shape index (κ1) is 21.1. The molecule has 1 N–H and O–H groups in total. The summed E-state index contributed by atoms with van der Waals surface area (Å²) in [6.07, 6.45) is 5.89. The molecule has 6 nitrogen and oxygen atoms in total. The minimum absolute atomic E-state index is 0.229. The Morgan fingerprint density at radius 3 is 2.80 bits per heavy atom. The van der Waals surface area contributed by atoms with Crippen molar-refractivity contribution in [1.82, 2.24) is 14.9 Å². The molecule has 0 bridgehead atoms. The van der Waals surface area contributed by atoms with E-state index in [2.05, 4.69) is 16.9 Å². The van der Waals surface area contributed by atoms with Crippen molar-refractivity contribution in [3.63, 3.8) is 0 Å². The van der Waals surface area contributed by atoms with Crippen LogP contribution in [0.2, 0.25) is 0 Å². The lowest BCUT2D eigenvalue weighted by molar-refractivity contribution is -0.123. The fraction of sp³-hybridized carbons (Fsp3) is 0.217. The summed E-state index contributed by atoms with van der Waals surface area (Å²) in [5.41, 5.74) is 1.61. The average molecular weight is 409 g/mol. The van der Waals surface area contributed by atoms with Gasteiger partial charge in [0.15, 0.2) is 18.1 Å². The largest absolute Gasteiger partial charge is 0.493 e. The Hall–Kier alpha value is -3.61. The number of halogens is 1. The Balaban J connectivity index is 1.74. The number of imidazole rings is 1. The molecule has 0 fully saturated rings. The van der Waals surface area contributed by atoms with Crippen molar-refractivity contribution in [3.05, 3.63) is 90.3 Å². The van der Waals surface area contributed by atoms with E-state index in [0.29, 0.717) is 29.3 Å². The molecule has 0 aliphatic rings. The molecule has 3 rings (SSSR count). The SMILES string of the molecule is C=CCc1ccc(OCC(=O)NC(c2cccc(F)c2)c2nccn2C)c(OC)c1. The summed E-state index contributed by atoms with van der Waals surface area (Å²) in [5, 5.41) is 2.88. The van der Waals surface area contributed by atoms with Crippen molar-refractivity contribution < 1.29 is 18.7 Å². The molecule has 30 heavy (non-hydrogen) atoms. The average Bonchev–Trinajstić information content (AvgIpc) is 3.16. The van der Waals surface area contributed by atoms with Crippen molar-refractivity contribution in [3.8, 4) is 11.5 Å². The van der Waals surface area contributed by atoms with Crippen LogP contribution in [0.1, 0.15) is 23.0 Å². The molecule has 0 saturated heterocycles. The number of hydrogen-bond acceptors (Lipinski definition) is 4. The molecule has 0 aliphatic carbocycles. The summed E-state index contributed by atoms with van der Waals surface area (Å²) in [5.74, 6) is 0.819. The van der Waals surface area contributed by atoms with Crippen molar-refractivity contribution in [1.29, 1.82) is 0 Å². The van der Waals surface area contributed by atoms with Gasteiger partial charge in [-0.3, -0.25) is 4.79 Å². The standard InChI is InChI=1S/C23H24FN3O3/c1-4-6-16-9-10-19(20(13-16)29-3)30-15-21(28)26-22(23-25-11-12-27(23)2)17-7-5-8-18(24)14-17/h4-5,7-14,22H,1,6,15H2,2-3H3,(H,26,28). The number of nitrogens with one attached hydrogen (secondary N) is 1.